The molecule has 1 aliphatic heterocycles. The number of carbonyl (C=O) groups is 2. The molecule has 1 unspecified atom stereocenters. The Balaban J connectivity index is 2.11. The number of benzene rings is 1. The average molecular weight is 309 g/mol. The van der Waals surface area contributed by atoms with Crippen LogP contribution in [0.25, 0.3) is 0 Å². The molecule has 0 radical (unpaired) electrons. The lowest BCUT2D eigenvalue weighted by Gasteiger charge is -2.35. The van der Waals surface area contributed by atoms with Crippen molar-refractivity contribution in [2.75, 3.05) is 13.6 Å². The first-order valence-electron chi connectivity index (χ1n) is 7.32. The van der Waals surface area contributed by atoms with Crippen molar-refractivity contribution in [3.8, 4) is 0 Å². The molecule has 1 heterocycles. The summed E-state index contributed by atoms with van der Waals surface area (Å²) in [6.07, 6.45) is 2.06. The molecule has 0 spiro atoms. The summed E-state index contributed by atoms with van der Waals surface area (Å²) in [5, 5.41) is 0.664. The number of likely N-dealkylation sites (N-methyl/N-ethyl adjacent to an activating group) is 2. The van der Waals surface area contributed by atoms with Crippen LogP contribution < -0.4 is 0 Å². The third-order valence-corrected chi connectivity index (χ3v) is 4.40. The van der Waals surface area contributed by atoms with E-state index in [1.54, 1.807) is 16.8 Å². The van der Waals surface area contributed by atoms with Crippen LogP contribution in [0, 0.1) is 0 Å². The van der Waals surface area contributed by atoms with Gasteiger partial charge in [-0.3, -0.25) is 9.59 Å². The lowest BCUT2D eigenvalue weighted by Crippen LogP contribution is -2.51. The van der Waals surface area contributed by atoms with Gasteiger partial charge in [-0.1, -0.05) is 29.8 Å². The minimum Gasteiger partial charge on any atom is -0.337 e. The van der Waals surface area contributed by atoms with Gasteiger partial charge in [0, 0.05) is 31.6 Å². The molecule has 1 aliphatic rings. The predicted molar refractivity (Wildman–Crippen MR) is 83.0 cm³/mol. The van der Waals surface area contributed by atoms with E-state index in [1.165, 1.54) is 0 Å². The Hall–Kier alpha value is -1.55. The van der Waals surface area contributed by atoms with Crippen molar-refractivity contribution in [3.63, 3.8) is 0 Å². The number of amides is 2. The van der Waals surface area contributed by atoms with Gasteiger partial charge in [0.05, 0.1) is 0 Å². The fraction of sp³-hybridized carbons (Fsp3) is 0.500. The largest absolute Gasteiger partial charge is 0.337 e. The molecule has 1 aromatic rings. The molecular formula is C16H21ClN2O2. The van der Waals surface area contributed by atoms with Crippen molar-refractivity contribution in [1.82, 2.24) is 9.80 Å². The van der Waals surface area contributed by atoms with E-state index in [9.17, 15) is 9.59 Å². The summed E-state index contributed by atoms with van der Waals surface area (Å²) < 4.78 is 0. The number of hydrogen-bond acceptors (Lipinski definition) is 2. The van der Waals surface area contributed by atoms with E-state index in [2.05, 4.69) is 0 Å². The second-order valence-corrected chi connectivity index (χ2v) is 5.76. The highest BCUT2D eigenvalue weighted by Crippen LogP contribution is 2.21. The SMILES string of the molecule is CCN(Cc1ccccc1Cl)C(=O)C1CCCC(=O)N1C. The first-order valence-corrected chi connectivity index (χ1v) is 7.70. The van der Waals surface area contributed by atoms with Crippen LogP contribution in [-0.2, 0) is 16.1 Å². The van der Waals surface area contributed by atoms with Crippen molar-refractivity contribution in [3.05, 3.63) is 34.9 Å². The molecular weight excluding hydrogens is 288 g/mol. The minimum atomic E-state index is -0.339. The quantitative estimate of drug-likeness (QED) is 0.858. The predicted octanol–water partition coefficient (Wildman–Crippen LogP) is 2.70. The third kappa shape index (κ3) is 3.56. The topological polar surface area (TPSA) is 40.6 Å². The van der Waals surface area contributed by atoms with Crippen LogP contribution in [0.3, 0.4) is 0 Å². The number of likely N-dealkylation sites (tertiary alicyclic amines) is 1. The molecule has 21 heavy (non-hydrogen) atoms. The zero-order valence-electron chi connectivity index (χ0n) is 12.5. The maximum Gasteiger partial charge on any atom is 0.245 e. The lowest BCUT2D eigenvalue weighted by atomic mass is 10.0. The molecule has 0 aliphatic carbocycles. The molecule has 1 aromatic carbocycles. The first kappa shape index (κ1) is 15.8. The van der Waals surface area contributed by atoms with Crippen LogP contribution in [0.2, 0.25) is 5.02 Å². The van der Waals surface area contributed by atoms with Gasteiger partial charge in [0.25, 0.3) is 0 Å². The summed E-state index contributed by atoms with van der Waals surface area (Å²) >= 11 is 6.17. The molecule has 1 atom stereocenters. The van der Waals surface area contributed by atoms with Gasteiger partial charge in [-0.25, -0.2) is 0 Å². The van der Waals surface area contributed by atoms with Crippen molar-refractivity contribution in [1.29, 1.82) is 0 Å². The molecule has 0 bridgehead atoms. The number of nitrogens with zero attached hydrogens (tertiary/aromatic N) is 2. The number of halogens is 1. The highest BCUT2D eigenvalue weighted by atomic mass is 35.5. The fourth-order valence-electron chi connectivity index (χ4n) is 2.67. The third-order valence-electron chi connectivity index (χ3n) is 4.03. The second kappa shape index (κ2) is 6.94. The first-order chi connectivity index (χ1) is 10.0. The van der Waals surface area contributed by atoms with E-state index < -0.39 is 0 Å². The van der Waals surface area contributed by atoms with E-state index in [0.29, 0.717) is 24.5 Å². The monoisotopic (exact) mass is 308 g/mol. The Morgan fingerprint density at radius 1 is 1.43 bits per heavy atom. The van der Waals surface area contributed by atoms with Gasteiger partial charge >= 0.3 is 0 Å². The summed E-state index contributed by atoms with van der Waals surface area (Å²) in [6, 6.07) is 7.20. The van der Waals surface area contributed by atoms with Gasteiger partial charge < -0.3 is 9.80 Å². The van der Waals surface area contributed by atoms with Crippen molar-refractivity contribution in [2.24, 2.45) is 0 Å². The second-order valence-electron chi connectivity index (χ2n) is 5.36. The van der Waals surface area contributed by atoms with Crippen molar-refractivity contribution < 1.29 is 9.59 Å². The van der Waals surface area contributed by atoms with E-state index in [0.717, 1.165) is 18.4 Å². The van der Waals surface area contributed by atoms with Crippen LogP contribution in [-0.4, -0.2) is 41.2 Å². The Morgan fingerprint density at radius 3 is 2.81 bits per heavy atom. The highest BCUT2D eigenvalue weighted by molar-refractivity contribution is 6.31. The maximum atomic E-state index is 12.7. The smallest absolute Gasteiger partial charge is 0.245 e. The minimum absolute atomic E-state index is 0.00738. The molecule has 0 N–H and O–H groups in total. The van der Waals surface area contributed by atoms with E-state index in [1.807, 2.05) is 31.2 Å². The summed E-state index contributed by atoms with van der Waals surface area (Å²) in [5.74, 6) is 0.0568. The van der Waals surface area contributed by atoms with E-state index in [4.69, 9.17) is 11.6 Å². The Kier molecular flexibility index (Phi) is 5.23. The molecule has 0 aromatic heterocycles. The lowest BCUT2D eigenvalue weighted by molar-refractivity contribution is -0.147. The van der Waals surface area contributed by atoms with E-state index >= 15 is 0 Å². The van der Waals surface area contributed by atoms with Gasteiger partial charge in [-0.05, 0) is 31.4 Å². The van der Waals surface area contributed by atoms with Crippen LogP contribution >= 0.6 is 11.6 Å². The molecule has 1 saturated heterocycles. The van der Waals surface area contributed by atoms with Gasteiger partial charge in [-0.15, -0.1) is 0 Å². The summed E-state index contributed by atoms with van der Waals surface area (Å²) in [6.45, 7) is 3.02. The zero-order chi connectivity index (χ0) is 15.4. The molecule has 2 rings (SSSR count). The zero-order valence-corrected chi connectivity index (χ0v) is 13.3. The molecule has 114 valence electrons. The maximum absolute atomic E-state index is 12.7. The highest BCUT2D eigenvalue weighted by Gasteiger charge is 2.32. The normalized spacial score (nSPS) is 18.7. The van der Waals surface area contributed by atoms with Crippen molar-refractivity contribution in [2.45, 2.75) is 38.8 Å². The van der Waals surface area contributed by atoms with E-state index in [-0.39, 0.29) is 17.9 Å². The standard InChI is InChI=1S/C16H21ClN2O2/c1-3-19(11-12-7-4-5-8-13(12)17)16(21)14-9-6-10-15(20)18(14)2/h4-5,7-8,14H,3,6,9-11H2,1-2H3. The van der Waals surface area contributed by atoms with Gasteiger partial charge in [0.15, 0.2) is 0 Å². The molecule has 0 saturated carbocycles. The molecule has 4 nitrogen and oxygen atoms in total. The Morgan fingerprint density at radius 2 is 2.14 bits per heavy atom. The number of rotatable bonds is 4. The Bertz CT molecular complexity index is 533. The summed E-state index contributed by atoms with van der Waals surface area (Å²) in [7, 11) is 1.72. The van der Waals surface area contributed by atoms with Crippen molar-refractivity contribution >= 4 is 23.4 Å². The number of hydrogen-bond donors (Lipinski definition) is 0. The average Bonchev–Trinajstić information content (AvgIpc) is 2.48. The van der Waals surface area contributed by atoms with Crippen LogP contribution in [0.4, 0.5) is 0 Å². The van der Waals surface area contributed by atoms with Crippen LogP contribution in [0.1, 0.15) is 31.7 Å². The van der Waals surface area contributed by atoms with Gasteiger partial charge in [0.2, 0.25) is 11.8 Å². The number of piperidine rings is 1. The molecule has 1 fully saturated rings. The van der Waals surface area contributed by atoms with Crippen LogP contribution in [0.15, 0.2) is 24.3 Å². The number of carbonyl (C=O) groups excluding carboxylic acids is 2. The fourth-order valence-corrected chi connectivity index (χ4v) is 2.86. The van der Waals surface area contributed by atoms with Crippen LogP contribution in [0.5, 0.6) is 0 Å². The summed E-state index contributed by atoms with van der Waals surface area (Å²) in [5.41, 5.74) is 0.930. The molecule has 2 amide bonds. The van der Waals surface area contributed by atoms with Gasteiger partial charge in [0.1, 0.15) is 6.04 Å². The summed E-state index contributed by atoms with van der Waals surface area (Å²) in [4.78, 5) is 27.8. The molecule has 5 heteroatoms. The van der Waals surface area contributed by atoms with Gasteiger partial charge in [-0.2, -0.15) is 0 Å². The Labute approximate surface area is 130 Å².